The molecule has 0 radical (unpaired) electrons. The first-order valence-electron chi connectivity index (χ1n) is 3.05. The fourth-order valence-corrected chi connectivity index (χ4v) is 0.971. The molecule has 0 atom stereocenters. The molecule has 0 bridgehead atoms. The van der Waals surface area contributed by atoms with Gasteiger partial charge in [0.1, 0.15) is 11.8 Å². The van der Waals surface area contributed by atoms with Gasteiger partial charge in [-0.05, 0) is 24.6 Å². The standard InChI is InChI=1S/C8H6ClNO/c1-5-6(4-10)8(11)3-2-7(5)9/h2-3,11H,1H3. The Morgan fingerprint density at radius 3 is 2.64 bits per heavy atom. The Balaban J connectivity index is 3.44. The molecular formula is C8H6ClNO. The predicted molar refractivity (Wildman–Crippen MR) is 42.6 cm³/mol. The van der Waals surface area contributed by atoms with Crippen LogP contribution in [-0.4, -0.2) is 5.11 Å². The van der Waals surface area contributed by atoms with Crippen molar-refractivity contribution in [3.63, 3.8) is 0 Å². The molecule has 3 heteroatoms. The van der Waals surface area contributed by atoms with Crippen molar-refractivity contribution in [3.8, 4) is 11.8 Å². The summed E-state index contributed by atoms with van der Waals surface area (Å²) in [5.74, 6) is -0.0191. The van der Waals surface area contributed by atoms with Crippen LogP contribution >= 0.6 is 11.6 Å². The molecule has 0 aliphatic carbocycles. The molecule has 0 spiro atoms. The maximum atomic E-state index is 9.13. The summed E-state index contributed by atoms with van der Waals surface area (Å²) in [5.41, 5.74) is 0.867. The van der Waals surface area contributed by atoms with Crippen molar-refractivity contribution in [3.05, 3.63) is 28.3 Å². The Labute approximate surface area is 69.7 Å². The van der Waals surface area contributed by atoms with Crippen LogP contribution in [-0.2, 0) is 0 Å². The van der Waals surface area contributed by atoms with Gasteiger partial charge in [-0.2, -0.15) is 5.26 Å². The van der Waals surface area contributed by atoms with Crippen molar-refractivity contribution < 1.29 is 5.11 Å². The van der Waals surface area contributed by atoms with Crippen LogP contribution in [0.1, 0.15) is 11.1 Å². The summed E-state index contributed by atoms with van der Waals surface area (Å²) in [7, 11) is 0. The summed E-state index contributed by atoms with van der Waals surface area (Å²) in [6.45, 7) is 1.70. The zero-order valence-corrected chi connectivity index (χ0v) is 6.68. The Morgan fingerprint density at radius 2 is 2.18 bits per heavy atom. The SMILES string of the molecule is Cc1c(Cl)ccc(O)c1C#N. The minimum Gasteiger partial charge on any atom is -0.507 e. The van der Waals surface area contributed by atoms with Crippen LogP contribution < -0.4 is 0 Å². The normalized spacial score (nSPS) is 9.18. The summed E-state index contributed by atoms with van der Waals surface area (Å²) < 4.78 is 0. The van der Waals surface area contributed by atoms with Crippen LogP contribution in [0, 0.1) is 18.3 Å². The number of hydrogen-bond donors (Lipinski definition) is 1. The Bertz CT molecular complexity index is 328. The van der Waals surface area contributed by atoms with Gasteiger partial charge >= 0.3 is 0 Å². The van der Waals surface area contributed by atoms with E-state index in [0.29, 0.717) is 10.6 Å². The number of nitrogens with zero attached hydrogens (tertiary/aromatic N) is 1. The van der Waals surface area contributed by atoms with Crippen molar-refractivity contribution in [2.75, 3.05) is 0 Å². The van der Waals surface area contributed by atoms with Gasteiger partial charge in [-0.1, -0.05) is 11.6 Å². The van der Waals surface area contributed by atoms with Crippen LogP contribution in [0.15, 0.2) is 12.1 Å². The molecule has 0 aromatic heterocycles. The molecule has 0 heterocycles. The highest BCUT2D eigenvalue weighted by Gasteiger charge is 2.05. The smallest absolute Gasteiger partial charge is 0.133 e. The molecule has 1 aromatic carbocycles. The summed E-state index contributed by atoms with van der Waals surface area (Å²) in [4.78, 5) is 0. The molecule has 11 heavy (non-hydrogen) atoms. The van der Waals surface area contributed by atoms with E-state index in [1.54, 1.807) is 13.0 Å². The van der Waals surface area contributed by atoms with Crippen molar-refractivity contribution in [2.24, 2.45) is 0 Å². The maximum absolute atomic E-state index is 9.13. The number of nitriles is 1. The van der Waals surface area contributed by atoms with Crippen LogP contribution in [0.3, 0.4) is 0 Å². The number of halogens is 1. The molecule has 0 aliphatic heterocycles. The van der Waals surface area contributed by atoms with Gasteiger partial charge in [0.2, 0.25) is 0 Å². The second-order valence-corrected chi connectivity index (χ2v) is 2.59. The van der Waals surface area contributed by atoms with E-state index in [9.17, 15) is 0 Å². The summed E-state index contributed by atoms with van der Waals surface area (Å²) >= 11 is 5.70. The molecule has 0 aliphatic rings. The molecule has 0 unspecified atom stereocenters. The maximum Gasteiger partial charge on any atom is 0.133 e. The summed E-state index contributed by atoms with van der Waals surface area (Å²) in [6, 6.07) is 4.84. The van der Waals surface area contributed by atoms with E-state index in [2.05, 4.69) is 0 Å². The predicted octanol–water partition coefficient (Wildman–Crippen LogP) is 2.23. The Morgan fingerprint density at radius 1 is 1.55 bits per heavy atom. The first kappa shape index (κ1) is 7.90. The summed E-state index contributed by atoms with van der Waals surface area (Å²) in [5, 5.41) is 18.2. The van der Waals surface area contributed by atoms with Crippen molar-refractivity contribution in [1.29, 1.82) is 5.26 Å². The molecular weight excluding hydrogens is 162 g/mol. The van der Waals surface area contributed by atoms with Gasteiger partial charge in [0.05, 0.1) is 5.56 Å². The molecule has 0 saturated heterocycles. The van der Waals surface area contributed by atoms with Gasteiger partial charge in [-0.15, -0.1) is 0 Å². The second kappa shape index (κ2) is 2.81. The fraction of sp³-hybridized carbons (Fsp3) is 0.125. The minimum absolute atomic E-state index is 0.0191. The fourth-order valence-electron chi connectivity index (χ4n) is 0.813. The average molecular weight is 168 g/mol. The lowest BCUT2D eigenvalue weighted by molar-refractivity contribution is 0.473. The highest BCUT2D eigenvalue weighted by molar-refractivity contribution is 6.31. The Kier molecular flexibility index (Phi) is 2.02. The topological polar surface area (TPSA) is 44.0 Å². The third-order valence-corrected chi connectivity index (χ3v) is 1.90. The van der Waals surface area contributed by atoms with Gasteiger partial charge < -0.3 is 5.11 Å². The van der Waals surface area contributed by atoms with Crippen LogP contribution in [0.5, 0.6) is 5.75 Å². The molecule has 56 valence electrons. The lowest BCUT2D eigenvalue weighted by Crippen LogP contribution is -1.83. The molecule has 2 nitrogen and oxygen atoms in total. The van der Waals surface area contributed by atoms with Gasteiger partial charge in [0.15, 0.2) is 0 Å². The number of phenols is 1. The monoisotopic (exact) mass is 167 g/mol. The largest absolute Gasteiger partial charge is 0.507 e. The van der Waals surface area contributed by atoms with E-state index in [1.807, 2.05) is 6.07 Å². The molecule has 0 amide bonds. The van der Waals surface area contributed by atoms with Crippen LogP contribution in [0.2, 0.25) is 5.02 Å². The molecule has 1 N–H and O–H groups in total. The highest BCUT2D eigenvalue weighted by Crippen LogP contribution is 2.25. The molecule has 0 saturated carbocycles. The van der Waals surface area contributed by atoms with E-state index in [-0.39, 0.29) is 11.3 Å². The van der Waals surface area contributed by atoms with Crippen molar-refractivity contribution >= 4 is 11.6 Å². The lowest BCUT2D eigenvalue weighted by atomic mass is 10.1. The number of phenolic OH excluding ortho intramolecular Hbond substituents is 1. The third kappa shape index (κ3) is 1.28. The first-order chi connectivity index (χ1) is 5.16. The van der Waals surface area contributed by atoms with Crippen LogP contribution in [0.4, 0.5) is 0 Å². The lowest BCUT2D eigenvalue weighted by Gasteiger charge is -2.00. The van der Waals surface area contributed by atoms with E-state index < -0.39 is 0 Å². The number of aromatic hydroxyl groups is 1. The minimum atomic E-state index is -0.0191. The molecule has 1 rings (SSSR count). The molecule has 1 aromatic rings. The van der Waals surface area contributed by atoms with E-state index in [0.717, 1.165) is 0 Å². The van der Waals surface area contributed by atoms with E-state index in [1.165, 1.54) is 6.07 Å². The third-order valence-electron chi connectivity index (χ3n) is 1.49. The summed E-state index contributed by atoms with van der Waals surface area (Å²) in [6.07, 6.45) is 0. The van der Waals surface area contributed by atoms with Gasteiger partial charge in [-0.3, -0.25) is 0 Å². The van der Waals surface area contributed by atoms with Crippen molar-refractivity contribution in [1.82, 2.24) is 0 Å². The number of benzene rings is 1. The van der Waals surface area contributed by atoms with Gasteiger partial charge in [-0.25, -0.2) is 0 Å². The average Bonchev–Trinajstić information content (AvgIpc) is 1.99. The second-order valence-electron chi connectivity index (χ2n) is 2.18. The number of rotatable bonds is 0. The Hall–Kier alpha value is -1.20. The zero-order valence-electron chi connectivity index (χ0n) is 5.93. The zero-order chi connectivity index (χ0) is 8.43. The highest BCUT2D eigenvalue weighted by atomic mass is 35.5. The van der Waals surface area contributed by atoms with Gasteiger partial charge in [0, 0.05) is 5.02 Å². The number of hydrogen-bond acceptors (Lipinski definition) is 2. The van der Waals surface area contributed by atoms with E-state index >= 15 is 0 Å². The van der Waals surface area contributed by atoms with Crippen molar-refractivity contribution in [2.45, 2.75) is 6.92 Å². The van der Waals surface area contributed by atoms with Crippen LogP contribution in [0.25, 0.3) is 0 Å². The van der Waals surface area contributed by atoms with E-state index in [4.69, 9.17) is 22.0 Å². The van der Waals surface area contributed by atoms with Gasteiger partial charge in [0.25, 0.3) is 0 Å². The first-order valence-corrected chi connectivity index (χ1v) is 3.42. The quantitative estimate of drug-likeness (QED) is 0.644. The molecule has 0 fully saturated rings.